The summed E-state index contributed by atoms with van der Waals surface area (Å²) in [7, 11) is 0. The monoisotopic (exact) mass is 280 g/mol. The highest BCUT2D eigenvalue weighted by Gasteiger charge is 2.26. The van der Waals surface area contributed by atoms with Gasteiger partial charge in [0.05, 0.1) is 5.54 Å². The highest BCUT2D eigenvalue weighted by atomic mass is 16.6. The van der Waals surface area contributed by atoms with Gasteiger partial charge >= 0.3 is 12.1 Å². The maximum atomic E-state index is 11.8. The van der Waals surface area contributed by atoms with Gasteiger partial charge in [0.1, 0.15) is 11.3 Å². The highest BCUT2D eigenvalue weighted by Crippen LogP contribution is 2.20. The number of carboxylic acids is 1. The van der Waals surface area contributed by atoms with E-state index in [2.05, 4.69) is 10.3 Å². The van der Waals surface area contributed by atoms with Gasteiger partial charge in [-0.2, -0.15) is 0 Å². The number of nitrogens with one attached hydrogen (secondary N) is 1. The van der Waals surface area contributed by atoms with Crippen LogP contribution in [0.15, 0.2) is 18.3 Å². The summed E-state index contributed by atoms with van der Waals surface area (Å²) in [5.74, 6) is -1.09. The van der Waals surface area contributed by atoms with Gasteiger partial charge in [-0.1, -0.05) is 6.07 Å². The van der Waals surface area contributed by atoms with Crippen molar-refractivity contribution in [3.63, 3.8) is 0 Å². The molecule has 0 aliphatic heterocycles. The number of rotatable bonds is 3. The Bertz CT molecular complexity index is 501. The predicted molar refractivity (Wildman–Crippen MR) is 73.6 cm³/mol. The van der Waals surface area contributed by atoms with Crippen molar-refractivity contribution < 1.29 is 19.4 Å². The van der Waals surface area contributed by atoms with Gasteiger partial charge in [-0.05, 0) is 46.2 Å². The molecular formula is C14H20N2O4. The number of nitrogens with zero attached hydrogens (tertiary/aromatic N) is 1. The zero-order valence-electron chi connectivity index (χ0n) is 12.4. The Labute approximate surface area is 118 Å². The summed E-state index contributed by atoms with van der Waals surface area (Å²) in [6, 6.07) is 3.02. The summed E-state index contributed by atoms with van der Waals surface area (Å²) in [5.41, 5.74) is -0.645. The van der Waals surface area contributed by atoms with E-state index in [0.29, 0.717) is 5.56 Å². The topological polar surface area (TPSA) is 88.5 Å². The van der Waals surface area contributed by atoms with Crippen LogP contribution in [0.4, 0.5) is 4.79 Å². The summed E-state index contributed by atoms with van der Waals surface area (Å²) in [6.07, 6.45) is 0.894. The smallest absolute Gasteiger partial charge is 0.408 e. The maximum Gasteiger partial charge on any atom is 0.408 e. The second-order valence-electron chi connectivity index (χ2n) is 5.99. The highest BCUT2D eigenvalue weighted by molar-refractivity contribution is 5.85. The van der Waals surface area contributed by atoms with Crippen LogP contribution in [0.2, 0.25) is 0 Å². The van der Waals surface area contributed by atoms with Crippen molar-refractivity contribution in [2.45, 2.75) is 45.8 Å². The molecule has 6 heteroatoms. The molecule has 0 saturated carbocycles. The van der Waals surface area contributed by atoms with E-state index >= 15 is 0 Å². The van der Waals surface area contributed by atoms with Crippen molar-refractivity contribution in [1.29, 1.82) is 0 Å². The third-order valence-corrected chi connectivity index (χ3v) is 2.52. The summed E-state index contributed by atoms with van der Waals surface area (Å²) in [6.45, 7) is 8.91. The van der Waals surface area contributed by atoms with Crippen LogP contribution in [0.5, 0.6) is 0 Å². The summed E-state index contributed by atoms with van der Waals surface area (Å²) in [5, 5.41) is 11.5. The van der Waals surface area contributed by atoms with E-state index in [4.69, 9.17) is 9.84 Å². The average molecular weight is 280 g/mol. The van der Waals surface area contributed by atoms with Gasteiger partial charge in [0.25, 0.3) is 0 Å². The molecule has 0 unspecified atom stereocenters. The zero-order chi connectivity index (χ0) is 15.6. The molecule has 1 aromatic rings. The number of carbonyl (C=O) groups excluding carboxylic acids is 1. The second-order valence-corrected chi connectivity index (χ2v) is 5.99. The first-order valence-electron chi connectivity index (χ1n) is 6.22. The molecule has 0 aliphatic carbocycles. The van der Waals surface area contributed by atoms with E-state index in [9.17, 15) is 9.59 Å². The molecule has 110 valence electrons. The second kappa shape index (κ2) is 5.48. The van der Waals surface area contributed by atoms with Gasteiger partial charge < -0.3 is 15.2 Å². The van der Waals surface area contributed by atoms with E-state index in [1.807, 2.05) is 0 Å². The Hall–Kier alpha value is -2.11. The lowest BCUT2D eigenvalue weighted by Crippen LogP contribution is -2.43. The van der Waals surface area contributed by atoms with Gasteiger partial charge in [-0.15, -0.1) is 0 Å². The number of aromatic carboxylic acids is 1. The molecular weight excluding hydrogens is 260 g/mol. The van der Waals surface area contributed by atoms with Crippen LogP contribution in [0.25, 0.3) is 0 Å². The summed E-state index contributed by atoms with van der Waals surface area (Å²) >= 11 is 0. The van der Waals surface area contributed by atoms with Crippen molar-refractivity contribution in [3.8, 4) is 0 Å². The number of carbonyl (C=O) groups is 2. The fourth-order valence-corrected chi connectivity index (χ4v) is 1.52. The molecule has 0 spiro atoms. The summed E-state index contributed by atoms with van der Waals surface area (Å²) in [4.78, 5) is 26.4. The molecule has 1 heterocycles. The Morgan fingerprint density at radius 1 is 1.20 bits per heavy atom. The van der Waals surface area contributed by atoms with Crippen LogP contribution in [0, 0.1) is 0 Å². The number of hydrogen-bond donors (Lipinski definition) is 2. The molecule has 2 N–H and O–H groups in total. The van der Waals surface area contributed by atoms with Crippen LogP contribution in [-0.4, -0.2) is 27.8 Å². The lowest BCUT2D eigenvalue weighted by Gasteiger charge is -2.28. The summed E-state index contributed by atoms with van der Waals surface area (Å²) < 4.78 is 5.19. The van der Waals surface area contributed by atoms with Crippen LogP contribution in [0.3, 0.4) is 0 Å². The Balaban J connectivity index is 2.82. The van der Waals surface area contributed by atoms with Gasteiger partial charge in [0.15, 0.2) is 0 Å². The Morgan fingerprint density at radius 3 is 2.20 bits per heavy atom. The van der Waals surface area contributed by atoms with E-state index < -0.39 is 23.2 Å². The van der Waals surface area contributed by atoms with Crippen molar-refractivity contribution in [2.75, 3.05) is 0 Å². The third kappa shape index (κ3) is 4.53. The Morgan fingerprint density at radius 2 is 1.80 bits per heavy atom. The molecule has 0 aromatic carbocycles. The number of carboxylic acid groups (broad SMARTS) is 1. The van der Waals surface area contributed by atoms with Crippen LogP contribution in [-0.2, 0) is 10.3 Å². The van der Waals surface area contributed by atoms with Gasteiger partial charge in [0, 0.05) is 6.20 Å². The van der Waals surface area contributed by atoms with Crippen molar-refractivity contribution in [3.05, 3.63) is 29.6 Å². The molecule has 0 saturated heterocycles. The first kappa shape index (κ1) is 15.9. The fourth-order valence-electron chi connectivity index (χ4n) is 1.52. The normalized spacial score (nSPS) is 11.8. The van der Waals surface area contributed by atoms with E-state index in [-0.39, 0.29) is 5.69 Å². The molecule has 0 atom stereocenters. The number of aromatic nitrogens is 1. The third-order valence-electron chi connectivity index (χ3n) is 2.52. The maximum absolute atomic E-state index is 11.8. The predicted octanol–water partition coefficient (Wildman–Crippen LogP) is 2.54. The zero-order valence-corrected chi connectivity index (χ0v) is 12.4. The van der Waals surface area contributed by atoms with E-state index in [1.165, 1.54) is 12.3 Å². The minimum Gasteiger partial charge on any atom is -0.477 e. The van der Waals surface area contributed by atoms with Crippen molar-refractivity contribution in [2.24, 2.45) is 0 Å². The largest absolute Gasteiger partial charge is 0.477 e. The van der Waals surface area contributed by atoms with Gasteiger partial charge in [-0.3, -0.25) is 0 Å². The molecule has 0 fully saturated rings. The number of alkyl carbamates (subject to hydrolysis) is 1. The average Bonchev–Trinajstić information content (AvgIpc) is 2.25. The Kier molecular flexibility index (Phi) is 4.37. The minimum atomic E-state index is -1.09. The van der Waals surface area contributed by atoms with Crippen LogP contribution in [0.1, 0.15) is 50.7 Å². The quantitative estimate of drug-likeness (QED) is 0.888. The molecule has 20 heavy (non-hydrogen) atoms. The number of amides is 1. The number of ether oxygens (including phenoxy) is 1. The molecule has 0 bridgehead atoms. The van der Waals surface area contributed by atoms with Gasteiger partial charge in [-0.25, -0.2) is 14.6 Å². The molecule has 1 rings (SSSR count). The van der Waals surface area contributed by atoms with Crippen LogP contribution >= 0.6 is 0 Å². The fraction of sp³-hybridized carbons (Fsp3) is 0.500. The first-order valence-corrected chi connectivity index (χ1v) is 6.22. The molecule has 0 radical (unpaired) electrons. The first-order chi connectivity index (χ1) is 9.01. The molecule has 0 aliphatic rings. The van der Waals surface area contributed by atoms with Crippen molar-refractivity contribution >= 4 is 12.1 Å². The SMILES string of the molecule is CC(C)(C)OC(=O)NC(C)(C)c1ccc(C(=O)O)nc1. The van der Waals surface area contributed by atoms with Gasteiger partial charge in [0.2, 0.25) is 0 Å². The number of hydrogen-bond acceptors (Lipinski definition) is 4. The van der Waals surface area contributed by atoms with Crippen molar-refractivity contribution in [1.82, 2.24) is 10.3 Å². The molecule has 1 amide bonds. The molecule has 1 aromatic heterocycles. The molecule has 6 nitrogen and oxygen atoms in total. The standard InChI is InChI=1S/C14H20N2O4/c1-13(2,3)20-12(19)16-14(4,5)9-6-7-10(11(17)18)15-8-9/h6-8H,1-5H3,(H,16,19)(H,17,18). The lowest BCUT2D eigenvalue weighted by molar-refractivity contribution is 0.0469. The van der Waals surface area contributed by atoms with Crippen LogP contribution < -0.4 is 5.32 Å². The van der Waals surface area contributed by atoms with E-state index in [0.717, 1.165) is 0 Å². The lowest BCUT2D eigenvalue weighted by atomic mass is 9.96. The minimum absolute atomic E-state index is 0.0400. The number of pyridine rings is 1. The van der Waals surface area contributed by atoms with E-state index in [1.54, 1.807) is 40.7 Å².